The van der Waals surface area contributed by atoms with Crippen LogP contribution in [-0.2, 0) is 22.5 Å². The molecule has 1 aliphatic heterocycles. The summed E-state index contributed by atoms with van der Waals surface area (Å²) in [6.07, 6.45) is 4.19. The minimum Gasteiger partial charge on any atom is -0.381 e. The van der Waals surface area contributed by atoms with Gasteiger partial charge in [-0.3, -0.25) is 9.48 Å². The van der Waals surface area contributed by atoms with Gasteiger partial charge in [-0.15, -0.1) is 0 Å². The highest BCUT2D eigenvalue weighted by atomic mass is 16.5. The lowest BCUT2D eigenvalue weighted by Crippen LogP contribution is -2.41. The number of benzene rings is 1. The quantitative estimate of drug-likeness (QED) is 0.878. The van der Waals surface area contributed by atoms with E-state index in [-0.39, 0.29) is 11.9 Å². The number of carbonyl (C=O) groups excluding carboxylic acids is 1. The summed E-state index contributed by atoms with van der Waals surface area (Å²) >= 11 is 0. The predicted octanol–water partition coefficient (Wildman–Crippen LogP) is 1.78. The topological polar surface area (TPSA) is 59.4 Å². The number of hydrogen-bond donors (Lipinski definition) is 1. The highest BCUT2D eigenvalue weighted by Crippen LogP contribution is 2.13. The number of ether oxygens (including phenoxy) is 1. The standard InChI is InChI=1S/C18H24N4O2/c1-15(14-22-8-2-7-19-22)20-17-5-3-16(4-6-17)13-18(23)21-9-11-24-12-10-21/h2-8,15,20H,9-14H2,1H3/t15-/m1/s1. The molecular formula is C18H24N4O2. The maximum absolute atomic E-state index is 12.3. The summed E-state index contributed by atoms with van der Waals surface area (Å²) < 4.78 is 7.19. The van der Waals surface area contributed by atoms with Gasteiger partial charge >= 0.3 is 0 Å². The highest BCUT2D eigenvalue weighted by molar-refractivity contribution is 5.79. The van der Waals surface area contributed by atoms with Crippen LogP contribution in [0.15, 0.2) is 42.7 Å². The molecule has 6 nitrogen and oxygen atoms in total. The molecular weight excluding hydrogens is 304 g/mol. The lowest BCUT2D eigenvalue weighted by Gasteiger charge is -2.26. The molecule has 6 heteroatoms. The fourth-order valence-electron chi connectivity index (χ4n) is 2.84. The van der Waals surface area contributed by atoms with Gasteiger partial charge in [0.2, 0.25) is 5.91 Å². The number of nitrogens with zero attached hydrogens (tertiary/aromatic N) is 3. The Bertz CT molecular complexity index is 634. The second kappa shape index (κ2) is 7.97. The van der Waals surface area contributed by atoms with Crippen LogP contribution in [0.5, 0.6) is 0 Å². The Hall–Kier alpha value is -2.34. The number of hydrogen-bond acceptors (Lipinski definition) is 4. The summed E-state index contributed by atoms with van der Waals surface area (Å²) in [5, 5.41) is 7.67. The maximum atomic E-state index is 12.3. The van der Waals surface area contributed by atoms with Crippen molar-refractivity contribution in [1.29, 1.82) is 0 Å². The Morgan fingerprint density at radius 3 is 2.71 bits per heavy atom. The van der Waals surface area contributed by atoms with E-state index in [0.717, 1.165) is 17.8 Å². The first-order valence-electron chi connectivity index (χ1n) is 8.39. The molecule has 3 rings (SSSR count). The molecule has 0 aliphatic carbocycles. The summed E-state index contributed by atoms with van der Waals surface area (Å²) in [5.74, 6) is 0.172. The van der Waals surface area contributed by atoms with E-state index in [9.17, 15) is 4.79 Å². The molecule has 1 atom stereocenters. The zero-order valence-corrected chi connectivity index (χ0v) is 14.0. The molecule has 1 aliphatic rings. The summed E-state index contributed by atoms with van der Waals surface area (Å²) in [5.41, 5.74) is 2.09. The van der Waals surface area contributed by atoms with E-state index in [1.807, 2.05) is 46.1 Å². The van der Waals surface area contributed by atoms with Gasteiger partial charge in [0.05, 0.1) is 26.2 Å². The lowest BCUT2D eigenvalue weighted by atomic mass is 10.1. The molecule has 2 heterocycles. The summed E-state index contributed by atoms with van der Waals surface area (Å²) in [7, 11) is 0. The van der Waals surface area contributed by atoms with Crippen molar-refractivity contribution in [2.75, 3.05) is 31.6 Å². The SMILES string of the molecule is C[C@H](Cn1cccn1)Nc1ccc(CC(=O)N2CCOCC2)cc1. The largest absolute Gasteiger partial charge is 0.381 e. The van der Waals surface area contributed by atoms with Gasteiger partial charge in [-0.1, -0.05) is 12.1 Å². The van der Waals surface area contributed by atoms with Crippen molar-refractivity contribution >= 4 is 11.6 Å². The van der Waals surface area contributed by atoms with E-state index in [4.69, 9.17) is 4.74 Å². The first-order valence-corrected chi connectivity index (χ1v) is 8.39. The Labute approximate surface area is 142 Å². The second-order valence-corrected chi connectivity index (χ2v) is 6.14. The Kier molecular flexibility index (Phi) is 5.48. The molecule has 0 unspecified atom stereocenters. The highest BCUT2D eigenvalue weighted by Gasteiger charge is 2.16. The van der Waals surface area contributed by atoms with Gasteiger partial charge in [-0.25, -0.2) is 0 Å². The van der Waals surface area contributed by atoms with Crippen molar-refractivity contribution < 1.29 is 9.53 Å². The van der Waals surface area contributed by atoms with Gasteiger partial charge in [-0.2, -0.15) is 5.10 Å². The molecule has 1 fully saturated rings. The minimum absolute atomic E-state index is 0.172. The fourth-order valence-corrected chi connectivity index (χ4v) is 2.84. The third kappa shape index (κ3) is 4.58. The third-order valence-electron chi connectivity index (χ3n) is 4.11. The van der Waals surface area contributed by atoms with Crippen LogP contribution in [0, 0.1) is 0 Å². The smallest absolute Gasteiger partial charge is 0.227 e. The van der Waals surface area contributed by atoms with Crippen molar-refractivity contribution in [3.8, 4) is 0 Å². The molecule has 0 spiro atoms. The van der Waals surface area contributed by atoms with Gasteiger partial charge in [0.15, 0.2) is 0 Å². The van der Waals surface area contributed by atoms with Crippen LogP contribution < -0.4 is 5.32 Å². The van der Waals surface area contributed by atoms with Gasteiger partial charge in [-0.05, 0) is 30.7 Å². The van der Waals surface area contributed by atoms with Crippen molar-refractivity contribution in [2.45, 2.75) is 25.9 Å². The summed E-state index contributed by atoms with van der Waals surface area (Å²) in [6, 6.07) is 10.3. The summed E-state index contributed by atoms with van der Waals surface area (Å²) in [6.45, 7) is 5.61. The summed E-state index contributed by atoms with van der Waals surface area (Å²) in [4.78, 5) is 14.1. The number of nitrogens with one attached hydrogen (secondary N) is 1. The lowest BCUT2D eigenvalue weighted by molar-refractivity contribution is -0.134. The van der Waals surface area contributed by atoms with Gasteiger partial charge in [0, 0.05) is 37.2 Å². The van der Waals surface area contributed by atoms with Crippen LogP contribution in [0.1, 0.15) is 12.5 Å². The van der Waals surface area contributed by atoms with Crippen LogP contribution in [-0.4, -0.2) is 52.9 Å². The van der Waals surface area contributed by atoms with E-state index in [2.05, 4.69) is 17.3 Å². The number of rotatable bonds is 6. The molecule has 1 saturated heterocycles. The van der Waals surface area contributed by atoms with Crippen LogP contribution in [0.25, 0.3) is 0 Å². The molecule has 24 heavy (non-hydrogen) atoms. The average Bonchev–Trinajstić information content (AvgIpc) is 3.10. The molecule has 128 valence electrons. The molecule has 0 radical (unpaired) electrons. The molecule has 1 N–H and O–H groups in total. The number of anilines is 1. The van der Waals surface area contributed by atoms with E-state index in [1.165, 1.54) is 0 Å². The Morgan fingerprint density at radius 1 is 1.29 bits per heavy atom. The molecule has 1 aromatic carbocycles. The Balaban J connectivity index is 1.50. The molecule has 1 aromatic heterocycles. The zero-order valence-electron chi connectivity index (χ0n) is 14.0. The van der Waals surface area contributed by atoms with Crippen molar-refractivity contribution in [3.63, 3.8) is 0 Å². The van der Waals surface area contributed by atoms with Crippen LogP contribution in [0.4, 0.5) is 5.69 Å². The third-order valence-corrected chi connectivity index (χ3v) is 4.11. The predicted molar refractivity (Wildman–Crippen MR) is 92.9 cm³/mol. The van der Waals surface area contributed by atoms with E-state index < -0.39 is 0 Å². The molecule has 2 aromatic rings. The fraction of sp³-hybridized carbons (Fsp3) is 0.444. The molecule has 0 saturated carbocycles. The first kappa shape index (κ1) is 16.5. The Morgan fingerprint density at radius 2 is 2.04 bits per heavy atom. The average molecular weight is 328 g/mol. The zero-order chi connectivity index (χ0) is 16.8. The van der Waals surface area contributed by atoms with E-state index in [1.54, 1.807) is 6.20 Å². The van der Waals surface area contributed by atoms with Gasteiger partial charge in [0.25, 0.3) is 0 Å². The van der Waals surface area contributed by atoms with Crippen LogP contribution in [0.2, 0.25) is 0 Å². The van der Waals surface area contributed by atoms with Crippen LogP contribution in [0.3, 0.4) is 0 Å². The maximum Gasteiger partial charge on any atom is 0.227 e. The monoisotopic (exact) mass is 328 g/mol. The number of amides is 1. The van der Waals surface area contributed by atoms with Gasteiger partial charge in [0.1, 0.15) is 0 Å². The van der Waals surface area contributed by atoms with Crippen LogP contribution >= 0.6 is 0 Å². The van der Waals surface area contributed by atoms with E-state index in [0.29, 0.717) is 32.7 Å². The van der Waals surface area contributed by atoms with E-state index >= 15 is 0 Å². The second-order valence-electron chi connectivity index (χ2n) is 6.14. The number of carbonyl (C=O) groups is 1. The molecule has 1 amide bonds. The van der Waals surface area contributed by atoms with Crippen molar-refractivity contribution in [2.24, 2.45) is 0 Å². The normalized spacial score (nSPS) is 16.0. The minimum atomic E-state index is 0.172. The molecule has 0 bridgehead atoms. The van der Waals surface area contributed by atoms with Crippen molar-refractivity contribution in [1.82, 2.24) is 14.7 Å². The van der Waals surface area contributed by atoms with Gasteiger partial charge < -0.3 is 15.0 Å². The number of morpholine rings is 1. The number of aromatic nitrogens is 2. The van der Waals surface area contributed by atoms with Crippen molar-refractivity contribution in [3.05, 3.63) is 48.3 Å². The first-order chi connectivity index (χ1) is 11.7.